The topological polar surface area (TPSA) is 87.0 Å². The van der Waals surface area contributed by atoms with Gasteiger partial charge in [-0.1, -0.05) is 53.3 Å². The number of esters is 2. The molecule has 3 aromatic rings. The summed E-state index contributed by atoms with van der Waals surface area (Å²) in [6.07, 6.45) is 1.49. The number of fused-ring (bicyclic) bond motifs is 1. The van der Waals surface area contributed by atoms with E-state index < -0.39 is 18.0 Å². The Kier molecular flexibility index (Phi) is 6.84. The van der Waals surface area contributed by atoms with E-state index in [1.165, 1.54) is 23.0 Å². The van der Waals surface area contributed by atoms with Gasteiger partial charge in [0.05, 0.1) is 40.6 Å². The number of benzene rings is 2. The molecule has 4 rings (SSSR count). The Bertz CT molecular complexity index is 1490. The number of rotatable bonds is 5. The van der Waals surface area contributed by atoms with Crippen molar-refractivity contribution in [2.75, 3.05) is 7.11 Å². The predicted molar refractivity (Wildman–Crippen MR) is 134 cm³/mol. The first-order valence-corrected chi connectivity index (χ1v) is 12.0. The molecule has 180 valence electrons. The van der Waals surface area contributed by atoms with Crippen LogP contribution in [0.15, 0.2) is 69.6 Å². The summed E-state index contributed by atoms with van der Waals surface area (Å²) >= 11 is 1.27. The van der Waals surface area contributed by atoms with E-state index in [0.717, 1.165) is 11.1 Å². The standard InChI is InChI=1S/C27H26N2O5S/c1-15(2)34-26(32)22-17(4)28-27-29(23(22)19-10-12-20(13-11-19)25(31)33-5)24(30)21(35-27)14-18-8-6-16(3)7-9-18/h6-15,23H,1-5H3/b21-14+/t23-/m0/s1. The van der Waals surface area contributed by atoms with Crippen LogP contribution in [-0.4, -0.2) is 29.7 Å². The van der Waals surface area contributed by atoms with Gasteiger partial charge in [-0.15, -0.1) is 0 Å². The van der Waals surface area contributed by atoms with Gasteiger partial charge in [-0.3, -0.25) is 9.36 Å². The van der Waals surface area contributed by atoms with Crippen LogP contribution < -0.4 is 14.9 Å². The third-order valence-corrected chi connectivity index (χ3v) is 6.59. The van der Waals surface area contributed by atoms with Crippen molar-refractivity contribution in [3.8, 4) is 0 Å². The molecule has 0 saturated heterocycles. The molecular weight excluding hydrogens is 464 g/mol. The van der Waals surface area contributed by atoms with Crippen LogP contribution >= 0.6 is 11.3 Å². The van der Waals surface area contributed by atoms with Gasteiger partial charge in [0.1, 0.15) is 0 Å². The number of nitrogens with zero attached hydrogens (tertiary/aromatic N) is 2. The summed E-state index contributed by atoms with van der Waals surface area (Å²) in [5.74, 6) is -0.999. The normalized spacial score (nSPS) is 15.6. The highest BCUT2D eigenvalue weighted by Crippen LogP contribution is 2.31. The maximum absolute atomic E-state index is 13.6. The Labute approximate surface area is 206 Å². The van der Waals surface area contributed by atoms with Crippen molar-refractivity contribution in [1.82, 2.24) is 4.57 Å². The Balaban J connectivity index is 1.91. The van der Waals surface area contributed by atoms with Crippen molar-refractivity contribution in [2.45, 2.75) is 39.8 Å². The molecule has 0 radical (unpaired) electrons. The lowest BCUT2D eigenvalue weighted by Crippen LogP contribution is -2.40. The van der Waals surface area contributed by atoms with Crippen LogP contribution in [0.25, 0.3) is 6.08 Å². The van der Waals surface area contributed by atoms with Gasteiger partial charge < -0.3 is 9.47 Å². The molecule has 2 aromatic carbocycles. The second kappa shape index (κ2) is 9.84. The number of thiazole rings is 1. The molecule has 0 saturated carbocycles. The van der Waals surface area contributed by atoms with Crippen LogP contribution in [0.4, 0.5) is 0 Å². The summed E-state index contributed by atoms with van der Waals surface area (Å²) in [5, 5.41) is 0. The fraction of sp³-hybridized carbons (Fsp3) is 0.259. The van der Waals surface area contributed by atoms with Crippen LogP contribution in [0.3, 0.4) is 0 Å². The molecule has 0 unspecified atom stereocenters. The molecule has 0 spiro atoms. The molecule has 2 heterocycles. The summed E-state index contributed by atoms with van der Waals surface area (Å²) in [4.78, 5) is 43.8. The number of carbonyl (C=O) groups excluding carboxylic acids is 2. The zero-order valence-electron chi connectivity index (χ0n) is 20.2. The van der Waals surface area contributed by atoms with Gasteiger partial charge in [-0.05, 0) is 57.0 Å². The van der Waals surface area contributed by atoms with Gasteiger partial charge in [-0.2, -0.15) is 0 Å². The molecule has 1 atom stereocenters. The van der Waals surface area contributed by atoms with E-state index in [0.29, 0.717) is 31.7 Å². The minimum atomic E-state index is -0.746. The summed E-state index contributed by atoms with van der Waals surface area (Å²) < 4.78 is 12.3. The fourth-order valence-electron chi connectivity index (χ4n) is 3.91. The van der Waals surface area contributed by atoms with E-state index >= 15 is 0 Å². The number of aromatic nitrogens is 1. The van der Waals surface area contributed by atoms with E-state index in [-0.39, 0.29) is 11.7 Å². The highest BCUT2D eigenvalue weighted by atomic mass is 32.1. The number of hydrogen-bond acceptors (Lipinski definition) is 7. The fourth-order valence-corrected chi connectivity index (χ4v) is 4.96. The largest absolute Gasteiger partial charge is 0.465 e. The average Bonchev–Trinajstić information content (AvgIpc) is 3.13. The molecule has 1 aliphatic rings. The van der Waals surface area contributed by atoms with Crippen molar-refractivity contribution in [1.29, 1.82) is 0 Å². The molecule has 0 fully saturated rings. The van der Waals surface area contributed by atoms with Crippen molar-refractivity contribution < 1.29 is 19.1 Å². The van der Waals surface area contributed by atoms with Gasteiger partial charge >= 0.3 is 11.9 Å². The number of ether oxygens (including phenoxy) is 2. The Morgan fingerprint density at radius 3 is 2.29 bits per heavy atom. The number of aryl methyl sites for hydroxylation is 1. The van der Waals surface area contributed by atoms with Crippen LogP contribution in [0.2, 0.25) is 0 Å². The maximum Gasteiger partial charge on any atom is 0.338 e. The first-order chi connectivity index (χ1) is 16.7. The number of allylic oxidation sites excluding steroid dienone is 1. The maximum atomic E-state index is 13.6. The second-order valence-electron chi connectivity index (χ2n) is 8.56. The van der Waals surface area contributed by atoms with E-state index in [1.54, 1.807) is 45.0 Å². The SMILES string of the molecule is COC(=O)c1ccc([C@H]2C(C(=O)OC(C)C)=C(C)N=c3s/c(=C/c4ccc(C)cc4)c(=O)n32)cc1. The van der Waals surface area contributed by atoms with E-state index in [1.807, 2.05) is 37.3 Å². The summed E-state index contributed by atoms with van der Waals surface area (Å²) in [7, 11) is 1.31. The highest BCUT2D eigenvalue weighted by molar-refractivity contribution is 7.07. The molecule has 0 aliphatic carbocycles. The molecule has 0 bridgehead atoms. The molecule has 0 N–H and O–H groups in total. The quantitative estimate of drug-likeness (QED) is 0.513. The van der Waals surface area contributed by atoms with Crippen LogP contribution in [0.5, 0.6) is 0 Å². The molecule has 1 aliphatic heterocycles. The van der Waals surface area contributed by atoms with Gasteiger partial charge in [0, 0.05) is 0 Å². The second-order valence-corrected chi connectivity index (χ2v) is 9.57. The molecule has 7 nitrogen and oxygen atoms in total. The van der Waals surface area contributed by atoms with Crippen LogP contribution in [0.1, 0.15) is 53.9 Å². The monoisotopic (exact) mass is 490 g/mol. The lowest BCUT2D eigenvalue weighted by Gasteiger charge is -2.25. The van der Waals surface area contributed by atoms with Gasteiger partial charge in [-0.25, -0.2) is 14.6 Å². The van der Waals surface area contributed by atoms with Gasteiger partial charge in [0.15, 0.2) is 4.80 Å². The van der Waals surface area contributed by atoms with E-state index in [2.05, 4.69) is 4.99 Å². The number of hydrogen-bond donors (Lipinski definition) is 0. The van der Waals surface area contributed by atoms with Gasteiger partial charge in [0.25, 0.3) is 5.56 Å². The molecule has 1 aromatic heterocycles. The highest BCUT2D eigenvalue weighted by Gasteiger charge is 2.33. The Hall–Kier alpha value is -3.78. The lowest BCUT2D eigenvalue weighted by atomic mass is 9.95. The Morgan fingerprint density at radius 2 is 1.69 bits per heavy atom. The lowest BCUT2D eigenvalue weighted by molar-refractivity contribution is -0.143. The van der Waals surface area contributed by atoms with Crippen LogP contribution in [-0.2, 0) is 14.3 Å². The summed E-state index contributed by atoms with van der Waals surface area (Å²) in [6, 6.07) is 13.8. The van der Waals surface area contributed by atoms with Crippen molar-refractivity contribution in [2.24, 2.45) is 4.99 Å². The zero-order chi connectivity index (χ0) is 25.3. The molecule has 35 heavy (non-hydrogen) atoms. The Morgan fingerprint density at radius 1 is 1.03 bits per heavy atom. The average molecular weight is 491 g/mol. The van der Waals surface area contributed by atoms with E-state index in [9.17, 15) is 14.4 Å². The molecule has 0 amide bonds. The van der Waals surface area contributed by atoms with Crippen molar-refractivity contribution >= 4 is 29.4 Å². The van der Waals surface area contributed by atoms with Gasteiger partial charge in [0.2, 0.25) is 0 Å². The minimum Gasteiger partial charge on any atom is -0.465 e. The number of methoxy groups -OCH3 is 1. The van der Waals surface area contributed by atoms with Crippen molar-refractivity contribution in [3.05, 3.63) is 102 Å². The summed E-state index contributed by atoms with van der Waals surface area (Å²) in [6.45, 7) is 7.28. The molecule has 8 heteroatoms. The smallest absolute Gasteiger partial charge is 0.338 e. The third kappa shape index (κ3) is 4.88. The number of carbonyl (C=O) groups is 2. The summed E-state index contributed by atoms with van der Waals surface area (Å²) in [5.41, 5.74) is 3.58. The first-order valence-electron chi connectivity index (χ1n) is 11.2. The first kappa shape index (κ1) is 24.3. The molecular formula is C27H26N2O5S. The predicted octanol–water partition coefficient (Wildman–Crippen LogP) is 3.28. The third-order valence-electron chi connectivity index (χ3n) is 5.61. The van der Waals surface area contributed by atoms with Crippen molar-refractivity contribution in [3.63, 3.8) is 0 Å². The van der Waals surface area contributed by atoms with E-state index in [4.69, 9.17) is 9.47 Å². The van der Waals surface area contributed by atoms with Crippen LogP contribution in [0, 0.1) is 6.92 Å². The zero-order valence-corrected chi connectivity index (χ0v) is 21.0. The minimum absolute atomic E-state index is 0.251.